The number of hydrogen-bond acceptors (Lipinski definition) is 4. The first kappa shape index (κ1) is 14.3. The van der Waals surface area contributed by atoms with Crippen molar-refractivity contribution in [3.8, 4) is 5.75 Å². The molecular formula is C13H20N2O3. The fourth-order valence-corrected chi connectivity index (χ4v) is 1.45. The van der Waals surface area contributed by atoms with Crippen molar-refractivity contribution in [3.63, 3.8) is 0 Å². The molecule has 1 aromatic rings. The van der Waals surface area contributed by atoms with E-state index in [2.05, 4.69) is 5.32 Å². The molecule has 0 radical (unpaired) electrons. The van der Waals surface area contributed by atoms with Crippen molar-refractivity contribution in [1.29, 1.82) is 0 Å². The summed E-state index contributed by atoms with van der Waals surface area (Å²) in [4.78, 5) is 11.9. The Bertz CT molecular complexity index is 466. The highest BCUT2D eigenvalue weighted by Gasteiger charge is 2.06. The minimum absolute atomic E-state index is 0.156. The zero-order valence-electron chi connectivity index (χ0n) is 11.0. The molecule has 2 N–H and O–H groups in total. The van der Waals surface area contributed by atoms with Crippen LogP contribution in [0.25, 0.3) is 6.08 Å². The van der Waals surface area contributed by atoms with Crippen LogP contribution in [0.15, 0.2) is 23.3 Å². The van der Waals surface area contributed by atoms with Crippen LogP contribution in [-0.2, 0) is 0 Å². The van der Waals surface area contributed by atoms with Gasteiger partial charge >= 0.3 is 0 Å². The Labute approximate surface area is 107 Å². The van der Waals surface area contributed by atoms with E-state index in [1.165, 1.54) is 12.4 Å². The predicted molar refractivity (Wildman–Crippen MR) is 71.2 cm³/mol. The smallest absolute Gasteiger partial charge is 0.230 e. The Hall–Kier alpha value is -1.75. The Morgan fingerprint density at radius 1 is 1.56 bits per heavy atom. The molecule has 100 valence electrons. The van der Waals surface area contributed by atoms with Gasteiger partial charge in [0.05, 0.1) is 19.0 Å². The van der Waals surface area contributed by atoms with Crippen LogP contribution in [-0.4, -0.2) is 29.6 Å². The van der Waals surface area contributed by atoms with Gasteiger partial charge in [0.1, 0.15) is 0 Å². The summed E-state index contributed by atoms with van der Waals surface area (Å²) in [6.45, 7) is 4.22. The van der Waals surface area contributed by atoms with E-state index >= 15 is 0 Å². The van der Waals surface area contributed by atoms with Crippen molar-refractivity contribution in [1.82, 2.24) is 10.0 Å². The van der Waals surface area contributed by atoms with Crippen LogP contribution in [0, 0.1) is 0 Å². The quantitative estimate of drug-likeness (QED) is 0.753. The van der Waals surface area contributed by atoms with Gasteiger partial charge in [-0.3, -0.25) is 4.79 Å². The topological polar surface area (TPSA) is 63.5 Å². The van der Waals surface area contributed by atoms with E-state index in [-0.39, 0.29) is 11.2 Å². The second kappa shape index (κ2) is 6.86. The van der Waals surface area contributed by atoms with Gasteiger partial charge in [-0.05, 0) is 27.3 Å². The Morgan fingerprint density at radius 2 is 2.28 bits per heavy atom. The van der Waals surface area contributed by atoms with Crippen LogP contribution < -0.4 is 15.5 Å². The minimum Gasteiger partial charge on any atom is -0.488 e. The molecule has 18 heavy (non-hydrogen) atoms. The second-order valence-electron chi connectivity index (χ2n) is 4.05. The summed E-state index contributed by atoms with van der Waals surface area (Å²) >= 11 is 0. The predicted octanol–water partition coefficient (Wildman–Crippen LogP) is 1.50. The first-order valence-corrected chi connectivity index (χ1v) is 6.00. The van der Waals surface area contributed by atoms with Crippen LogP contribution in [0.3, 0.4) is 0 Å². The van der Waals surface area contributed by atoms with Crippen molar-refractivity contribution >= 4 is 6.08 Å². The number of rotatable bonds is 6. The average molecular weight is 252 g/mol. The van der Waals surface area contributed by atoms with Crippen molar-refractivity contribution in [2.24, 2.45) is 0 Å². The van der Waals surface area contributed by atoms with E-state index in [0.717, 1.165) is 11.2 Å². The van der Waals surface area contributed by atoms with Crippen molar-refractivity contribution < 1.29 is 9.94 Å². The molecule has 0 aromatic carbocycles. The number of nitrogens with one attached hydrogen (secondary N) is 1. The highest BCUT2D eigenvalue weighted by atomic mass is 16.5. The maximum Gasteiger partial charge on any atom is 0.230 e. The zero-order chi connectivity index (χ0) is 13.5. The molecule has 0 aliphatic heterocycles. The third-order valence-corrected chi connectivity index (χ3v) is 2.59. The number of ether oxygens (including phenoxy) is 1. The monoisotopic (exact) mass is 252 g/mol. The molecule has 1 unspecified atom stereocenters. The van der Waals surface area contributed by atoms with E-state index in [4.69, 9.17) is 4.74 Å². The van der Waals surface area contributed by atoms with Crippen LogP contribution in [0.1, 0.15) is 25.8 Å². The lowest BCUT2D eigenvalue weighted by Crippen LogP contribution is -2.19. The lowest BCUT2D eigenvalue weighted by atomic mass is 10.2. The summed E-state index contributed by atoms with van der Waals surface area (Å²) in [7, 11) is 1.88. The molecule has 1 heterocycles. The van der Waals surface area contributed by atoms with Gasteiger partial charge in [0.2, 0.25) is 5.43 Å². The average Bonchev–Trinajstić information content (AvgIpc) is 2.34. The fraction of sp³-hybridized carbons (Fsp3) is 0.462. The third kappa shape index (κ3) is 3.92. The first-order chi connectivity index (χ1) is 8.58. The van der Waals surface area contributed by atoms with E-state index in [0.29, 0.717) is 18.2 Å². The molecule has 0 amide bonds. The van der Waals surface area contributed by atoms with E-state index < -0.39 is 0 Å². The van der Waals surface area contributed by atoms with Crippen LogP contribution in [0.5, 0.6) is 5.75 Å². The van der Waals surface area contributed by atoms with Gasteiger partial charge in [-0.15, -0.1) is 0 Å². The number of pyridine rings is 1. The highest BCUT2D eigenvalue weighted by Crippen LogP contribution is 2.07. The molecule has 0 saturated heterocycles. The molecule has 0 aliphatic rings. The summed E-state index contributed by atoms with van der Waals surface area (Å²) in [5.41, 5.74) is 0.197. The third-order valence-electron chi connectivity index (χ3n) is 2.59. The normalized spacial score (nSPS) is 12.8. The maximum atomic E-state index is 11.9. The number of aromatic nitrogens is 1. The minimum atomic E-state index is -0.212. The van der Waals surface area contributed by atoms with Gasteiger partial charge in [0, 0.05) is 11.6 Å². The van der Waals surface area contributed by atoms with Crippen LogP contribution in [0.4, 0.5) is 0 Å². The second-order valence-corrected chi connectivity index (χ2v) is 4.05. The highest BCUT2D eigenvalue weighted by molar-refractivity contribution is 5.50. The lowest BCUT2D eigenvalue weighted by molar-refractivity contribution is 0.178. The molecule has 1 rings (SSSR count). The van der Waals surface area contributed by atoms with Gasteiger partial charge in [-0.25, -0.2) is 0 Å². The SMILES string of the molecule is CCOc1cn(O)cc(/C=C/CC(C)NC)c1=O. The Kier molecular flexibility index (Phi) is 5.45. The Morgan fingerprint density at radius 3 is 2.89 bits per heavy atom. The van der Waals surface area contributed by atoms with Crippen molar-refractivity contribution in [3.05, 3.63) is 34.3 Å². The molecule has 0 fully saturated rings. The maximum absolute atomic E-state index is 11.9. The van der Waals surface area contributed by atoms with E-state index in [1.807, 2.05) is 20.0 Å². The molecule has 1 aromatic heterocycles. The summed E-state index contributed by atoms with van der Waals surface area (Å²) < 4.78 is 6.01. The molecule has 0 bridgehead atoms. The van der Waals surface area contributed by atoms with Gasteiger partial charge in [-0.2, -0.15) is 4.73 Å². The van der Waals surface area contributed by atoms with E-state index in [9.17, 15) is 10.0 Å². The van der Waals surface area contributed by atoms with E-state index in [1.54, 1.807) is 13.0 Å². The number of nitrogens with zero attached hydrogens (tertiary/aromatic N) is 1. The summed E-state index contributed by atoms with van der Waals surface area (Å²) in [5, 5.41) is 12.6. The summed E-state index contributed by atoms with van der Waals surface area (Å²) in [6, 6.07) is 0.340. The summed E-state index contributed by atoms with van der Waals surface area (Å²) in [5.74, 6) is 0.156. The lowest BCUT2D eigenvalue weighted by Gasteiger charge is -2.07. The van der Waals surface area contributed by atoms with Crippen LogP contribution in [0.2, 0.25) is 0 Å². The fourth-order valence-electron chi connectivity index (χ4n) is 1.45. The van der Waals surface area contributed by atoms with Crippen molar-refractivity contribution in [2.45, 2.75) is 26.3 Å². The van der Waals surface area contributed by atoms with Gasteiger partial charge in [0.15, 0.2) is 5.75 Å². The Balaban J connectivity index is 2.91. The molecule has 5 nitrogen and oxygen atoms in total. The van der Waals surface area contributed by atoms with Gasteiger partial charge in [-0.1, -0.05) is 12.2 Å². The number of hydrogen-bond donors (Lipinski definition) is 2. The first-order valence-electron chi connectivity index (χ1n) is 6.00. The van der Waals surface area contributed by atoms with Crippen LogP contribution >= 0.6 is 0 Å². The molecule has 0 aliphatic carbocycles. The zero-order valence-corrected chi connectivity index (χ0v) is 11.0. The molecular weight excluding hydrogens is 232 g/mol. The van der Waals surface area contributed by atoms with Gasteiger partial charge < -0.3 is 15.3 Å². The molecule has 1 atom stereocenters. The summed E-state index contributed by atoms with van der Waals surface area (Å²) in [6.07, 6.45) is 7.03. The largest absolute Gasteiger partial charge is 0.488 e. The van der Waals surface area contributed by atoms with Gasteiger partial charge in [0.25, 0.3) is 0 Å². The van der Waals surface area contributed by atoms with Crippen molar-refractivity contribution in [2.75, 3.05) is 13.7 Å². The molecule has 0 spiro atoms. The molecule has 5 heteroatoms. The molecule has 0 saturated carbocycles. The standard InChI is InChI=1S/C13H20N2O3/c1-4-18-12-9-15(17)8-11(13(12)16)7-5-6-10(2)14-3/h5,7-10,14,17H,4,6H2,1-3H3/b7-5+.